The summed E-state index contributed by atoms with van der Waals surface area (Å²) in [6.45, 7) is 10.0. The van der Waals surface area contributed by atoms with E-state index < -0.39 is 0 Å². The Hall–Kier alpha value is -6.00. The Morgan fingerprint density at radius 1 is 0.549 bits per heavy atom. The largest absolute Gasteiger partial charge is 0.456 e. The van der Waals surface area contributed by atoms with Crippen LogP contribution in [0.1, 0.15) is 55.5 Å². The lowest BCUT2D eigenvalue weighted by Gasteiger charge is -2.48. The van der Waals surface area contributed by atoms with E-state index in [4.69, 9.17) is 20.1 Å². The second-order valence-electron chi connectivity index (χ2n) is 14.8. The molecule has 0 atom stereocenters. The van der Waals surface area contributed by atoms with Gasteiger partial charge in [-0.3, -0.25) is 4.99 Å². The molecule has 1 aromatic heterocycles. The van der Waals surface area contributed by atoms with Crippen molar-refractivity contribution in [2.45, 2.75) is 45.1 Å². The van der Waals surface area contributed by atoms with Crippen molar-refractivity contribution in [2.75, 3.05) is 0 Å². The zero-order valence-electron chi connectivity index (χ0n) is 29.4. The molecule has 1 aliphatic rings. The summed E-state index contributed by atoms with van der Waals surface area (Å²) in [5.74, 6) is 0.978. The summed E-state index contributed by atoms with van der Waals surface area (Å²) in [6, 6.07) is 49.0. The van der Waals surface area contributed by atoms with Crippen molar-refractivity contribution in [1.29, 1.82) is 0 Å². The lowest BCUT2D eigenvalue weighted by molar-refractivity contribution is 0.299. The Morgan fingerprint density at radius 2 is 1.25 bits per heavy atom. The molecule has 1 aliphatic carbocycles. The van der Waals surface area contributed by atoms with Crippen LogP contribution in [0.5, 0.6) is 0 Å². The number of hydrogen-bond donors (Lipinski definition) is 1. The van der Waals surface area contributed by atoms with Gasteiger partial charge in [0.2, 0.25) is 0 Å². The SMILES string of the molecule is CC1(C)c2ccccc2-c2cc3c(ccc4c(CN=C(N=C(N)c5ccc6c(c5)oc5ccccc56)c5ccccc5)cccc43)cc2C1(C)C. The number of amidine groups is 2. The maximum atomic E-state index is 6.69. The maximum Gasteiger partial charge on any atom is 0.157 e. The van der Waals surface area contributed by atoms with Crippen LogP contribution in [-0.2, 0) is 17.4 Å². The molecule has 4 heteroatoms. The van der Waals surface area contributed by atoms with E-state index in [2.05, 4.69) is 107 Å². The number of nitrogens with zero attached hydrogens (tertiary/aromatic N) is 2. The predicted octanol–water partition coefficient (Wildman–Crippen LogP) is 11.5. The minimum Gasteiger partial charge on any atom is -0.456 e. The molecule has 0 unspecified atom stereocenters. The van der Waals surface area contributed by atoms with Crippen LogP contribution in [-0.4, -0.2) is 11.7 Å². The van der Waals surface area contributed by atoms with Crippen LogP contribution in [0.4, 0.5) is 0 Å². The standard InChI is InChI=1S/C47H39N3O/c1-46(2)40-19-10-8-16-35(40)39-27-38-30(25-41(39)47(46,3)4)21-23-33-32(15-12-18-34(33)38)28-49-45(29-13-6-5-7-14-29)50-44(48)31-22-24-37-36-17-9-11-20-42(36)51-43(37)26-31/h5-27H,28H2,1-4H3,(H2,48,49,50). The van der Waals surface area contributed by atoms with Crippen LogP contribution < -0.4 is 5.73 Å². The Bertz CT molecular complexity index is 2730. The van der Waals surface area contributed by atoms with E-state index in [-0.39, 0.29) is 10.8 Å². The van der Waals surface area contributed by atoms with E-state index >= 15 is 0 Å². The van der Waals surface area contributed by atoms with E-state index in [1.165, 1.54) is 43.8 Å². The van der Waals surface area contributed by atoms with Crippen molar-refractivity contribution in [1.82, 2.24) is 0 Å². The first-order valence-corrected chi connectivity index (χ1v) is 17.7. The number of fused-ring (bicyclic) bond motifs is 9. The summed E-state index contributed by atoms with van der Waals surface area (Å²) in [5.41, 5.74) is 16.6. The smallest absolute Gasteiger partial charge is 0.157 e. The van der Waals surface area contributed by atoms with E-state index in [1.807, 2.05) is 60.7 Å². The lowest BCUT2D eigenvalue weighted by Crippen LogP contribution is -2.43. The molecule has 0 aliphatic heterocycles. The Balaban J connectivity index is 1.13. The monoisotopic (exact) mass is 661 g/mol. The molecule has 0 radical (unpaired) electrons. The van der Waals surface area contributed by atoms with Gasteiger partial charge in [0.15, 0.2) is 5.84 Å². The van der Waals surface area contributed by atoms with Gasteiger partial charge in [-0.25, -0.2) is 4.99 Å². The van der Waals surface area contributed by atoms with Gasteiger partial charge in [0.1, 0.15) is 17.0 Å². The van der Waals surface area contributed by atoms with Gasteiger partial charge in [-0.2, -0.15) is 0 Å². The summed E-state index contributed by atoms with van der Waals surface area (Å²) in [5, 5.41) is 7.08. The fourth-order valence-electron chi connectivity index (χ4n) is 8.02. The van der Waals surface area contributed by atoms with E-state index in [9.17, 15) is 0 Å². The van der Waals surface area contributed by atoms with Gasteiger partial charge in [-0.1, -0.05) is 137 Å². The van der Waals surface area contributed by atoms with Gasteiger partial charge >= 0.3 is 0 Å². The van der Waals surface area contributed by atoms with Gasteiger partial charge < -0.3 is 10.2 Å². The molecule has 248 valence electrons. The first kappa shape index (κ1) is 31.0. The highest BCUT2D eigenvalue weighted by molar-refractivity contribution is 6.14. The van der Waals surface area contributed by atoms with Crippen LogP contribution in [0.3, 0.4) is 0 Å². The third-order valence-electron chi connectivity index (χ3n) is 11.6. The highest BCUT2D eigenvalue weighted by atomic mass is 16.3. The fraction of sp³-hybridized carbons (Fsp3) is 0.149. The minimum atomic E-state index is -0.0373. The zero-order valence-corrected chi connectivity index (χ0v) is 29.4. The third kappa shape index (κ3) is 4.89. The molecule has 0 amide bonds. The van der Waals surface area contributed by atoms with Crippen LogP contribution >= 0.6 is 0 Å². The first-order chi connectivity index (χ1) is 24.7. The summed E-state index contributed by atoms with van der Waals surface area (Å²) in [6.07, 6.45) is 0. The number of furan rings is 1. The Labute approximate surface area is 298 Å². The molecule has 0 spiro atoms. The number of hydrogen-bond acceptors (Lipinski definition) is 2. The molecule has 0 bridgehead atoms. The molecule has 7 aromatic carbocycles. The molecule has 8 aromatic rings. The van der Waals surface area contributed by atoms with Crippen molar-refractivity contribution in [3.8, 4) is 11.1 Å². The quantitative estimate of drug-likeness (QED) is 0.116. The van der Waals surface area contributed by atoms with Gasteiger partial charge in [0.05, 0.1) is 6.54 Å². The van der Waals surface area contributed by atoms with E-state index in [0.29, 0.717) is 18.2 Å². The highest BCUT2D eigenvalue weighted by Crippen LogP contribution is 2.54. The molecule has 0 fully saturated rings. The lowest BCUT2D eigenvalue weighted by atomic mass is 9.55. The summed E-state index contributed by atoms with van der Waals surface area (Å²) in [4.78, 5) is 10.0. The first-order valence-electron chi connectivity index (χ1n) is 17.7. The summed E-state index contributed by atoms with van der Waals surface area (Å²) in [7, 11) is 0. The van der Waals surface area contributed by atoms with Gasteiger partial charge in [0.25, 0.3) is 0 Å². The van der Waals surface area contributed by atoms with Crippen molar-refractivity contribution in [3.05, 3.63) is 167 Å². The van der Waals surface area contributed by atoms with Crippen LogP contribution in [0, 0.1) is 0 Å². The molecule has 0 saturated carbocycles. The van der Waals surface area contributed by atoms with Crippen molar-refractivity contribution < 1.29 is 4.42 Å². The normalized spacial score (nSPS) is 15.4. The number of benzene rings is 7. The van der Waals surface area contributed by atoms with Crippen LogP contribution in [0.15, 0.2) is 154 Å². The van der Waals surface area contributed by atoms with Gasteiger partial charge in [0, 0.05) is 21.9 Å². The predicted molar refractivity (Wildman–Crippen MR) is 214 cm³/mol. The third-order valence-corrected chi connectivity index (χ3v) is 11.6. The molecular formula is C47H39N3O. The molecular weight excluding hydrogens is 623 g/mol. The molecule has 1 heterocycles. The van der Waals surface area contributed by atoms with Crippen LogP contribution in [0.25, 0.3) is 54.6 Å². The number of nitrogens with two attached hydrogens (primary N) is 1. The molecule has 4 nitrogen and oxygen atoms in total. The Morgan fingerprint density at radius 3 is 2.12 bits per heavy atom. The number of para-hydroxylation sites is 1. The molecule has 51 heavy (non-hydrogen) atoms. The maximum absolute atomic E-state index is 6.69. The highest BCUT2D eigenvalue weighted by Gasteiger charge is 2.45. The molecule has 2 N–H and O–H groups in total. The van der Waals surface area contributed by atoms with E-state index in [0.717, 1.165) is 38.6 Å². The summed E-state index contributed by atoms with van der Waals surface area (Å²) >= 11 is 0. The van der Waals surface area contributed by atoms with Crippen molar-refractivity contribution >= 4 is 55.2 Å². The average Bonchev–Trinajstić information content (AvgIpc) is 3.53. The molecule has 9 rings (SSSR count). The number of rotatable bonds is 4. The average molecular weight is 662 g/mol. The van der Waals surface area contributed by atoms with E-state index in [1.54, 1.807) is 0 Å². The van der Waals surface area contributed by atoms with Crippen LogP contribution in [0.2, 0.25) is 0 Å². The topological polar surface area (TPSA) is 63.9 Å². The Kier molecular flexibility index (Phi) is 7.01. The molecule has 0 saturated heterocycles. The zero-order chi connectivity index (χ0) is 34.9. The fourth-order valence-corrected chi connectivity index (χ4v) is 8.02. The van der Waals surface area contributed by atoms with Gasteiger partial charge in [-0.15, -0.1) is 0 Å². The second-order valence-corrected chi connectivity index (χ2v) is 14.8. The van der Waals surface area contributed by atoms with Gasteiger partial charge in [-0.05, 0) is 90.5 Å². The minimum absolute atomic E-state index is 0.00515. The second kappa shape index (κ2) is 11.5. The van der Waals surface area contributed by atoms with Crippen molar-refractivity contribution in [3.63, 3.8) is 0 Å². The number of aliphatic imine (C=N–C) groups is 2. The van der Waals surface area contributed by atoms with Crippen molar-refractivity contribution in [2.24, 2.45) is 15.7 Å². The summed E-state index contributed by atoms with van der Waals surface area (Å²) < 4.78 is 6.14.